The molecule has 0 unspecified atom stereocenters. The van der Waals surface area contributed by atoms with E-state index in [0.717, 1.165) is 18.1 Å². The zero-order valence-electron chi connectivity index (χ0n) is 32.2. The molecule has 0 amide bonds. The monoisotopic (exact) mass is 780 g/mol. The van der Waals surface area contributed by atoms with Gasteiger partial charge in [0.2, 0.25) is 0 Å². The number of carbonyl (C=O) groups is 7. The fourth-order valence-corrected chi connectivity index (χ4v) is 6.67. The standard InChI is InChI=1S/C38H52O17/c1-20(39)47-18-31-35(50-23(4)42)37(52-25(6)44)33(46)29(54-31)12-8-10-27-14-16-28(17-15-27)11-9-13-30-34(49-22(3)41)38(53-26(7)45)36(51-24(5)43)32(55-30)19-48-21(2)40/h14-17,29-38,46H,8-13,18-19H2,1-7H3/t29-,30-,31-,32-,33-,34-,35-,36-,37-,38-/m1/s1. The molecule has 2 aliphatic heterocycles. The largest absolute Gasteiger partial charge is 0.463 e. The predicted molar refractivity (Wildman–Crippen MR) is 187 cm³/mol. The fraction of sp³-hybridized carbons (Fsp3) is 0.658. The minimum Gasteiger partial charge on any atom is -0.463 e. The molecule has 0 spiro atoms. The van der Waals surface area contributed by atoms with Gasteiger partial charge in [-0.3, -0.25) is 33.6 Å². The van der Waals surface area contributed by atoms with E-state index in [1.165, 1.54) is 41.5 Å². The number of aliphatic hydroxyl groups excluding tert-OH is 1. The van der Waals surface area contributed by atoms with Crippen LogP contribution in [-0.2, 0) is 89.0 Å². The third kappa shape index (κ3) is 14.5. The molecule has 0 aliphatic carbocycles. The van der Waals surface area contributed by atoms with Crippen molar-refractivity contribution in [3.63, 3.8) is 0 Å². The molecule has 1 aromatic rings. The molecule has 0 bridgehead atoms. The molecule has 306 valence electrons. The van der Waals surface area contributed by atoms with Crippen molar-refractivity contribution in [2.24, 2.45) is 0 Å². The first kappa shape index (κ1) is 44.8. The number of hydrogen-bond acceptors (Lipinski definition) is 17. The average Bonchev–Trinajstić information content (AvgIpc) is 3.08. The molecular weight excluding hydrogens is 728 g/mol. The molecule has 17 heteroatoms. The highest BCUT2D eigenvalue weighted by atomic mass is 16.7. The minimum atomic E-state index is -1.31. The van der Waals surface area contributed by atoms with Crippen LogP contribution < -0.4 is 0 Å². The van der Waals surface area contributed by atoms with Crippen LogP contribution in [0.5, 0.6) is 0 Å². The molecule has 3 rings (SSSR count). The highest BCUT2D eigenvalue weighted by Crippen LogP contribution is 2.32. The zero-order valence-corrected chi connectivity index (χ0v) is 32.2. The lowest BCUT2D eigenvalue weighted by atomic mass is 9.90. The van der Waals surface area contributed by atoms with Gasteiger partial charge in [-0.2, -0.15) is 0 Å². The van der Waals surface area contributed by atoms with Crippen molar-refractivity contribution >= 4 is 41.8 Å². The van der Waals surface area contributed by atoms with Crippen LogP contribution in [0.2, 0.25) is 0 Å². The first-order valence-corrected chi connectivity index (χ1v) is 18.1. The molecular formula is C38H52O17. The quantitative estimate of drug-likeness (QED) is 0.176. The van der Waals surface area contributed by atoms with Crippen LogP contribution >= 0.6 is 0 Å². The molecule has 55 heavy (non-hydrogen) atoms. The Morgan fingerprint density at radius 1 is 0.473 bits per heavy atom. The van der Waals surface area contributed by atoms with Crippen molar-refractivity contribution in [3.8, 4) is 0 Å². The molecule has 0 radical (unpaired) electrons. The van der Waals surface area contributed by atoms with E-state index in [0.29, 0.717) is 38.5 Å². The average molecular weight is 781 g/mol. The lowest BCUT2D eigenvalue weighted by Gasteiger charge is -2.44. The molecule has 1 N–H and O–H groups in total. The van der Waals surface area contributed by atoms with Crippen molar-refractivity contribution in [2.75, 3.05) is 13.2 Å². The number of carbonyl (C=O) groups excluding carboxylic acids is 7. The van der Waals surface area contributed by atoms with Crippen molar-refractivity contribution in [1.82, 2.24) is 0 Å². The van der Waals surface area contributed by atoms with Gasteiger partial charge in [-0.25, -0.2) is 0 Å². The summed E-state index contributed by atoms with van der Waals surface area (Å²) in [5.74, 6) is -4.61. The van der Waals surface area contributed by atoms with E-state index < -0.39 is 103 Å². The minimum absolute atomic E-state index is 0.274. The van der Waals surface area contributed by atoms with Crippen molar-refractivity contribution in [2.45, 2.75) is 148 Å². The van der Waals surface area contributed by atoms with E-state index in [1.54, 1.807) is 0 Å². The first-order chi connectivity index (χ1) is 25.9. The number of esters is 7. The van der Waals surface area contributed by atoms with Crippen LogP contribution in [0, 0.1) is 0 Å². The van der Waals surface area contributed by atoms with Crippen LogP contribution in [0.1, 0.15) is 85.3 Å². The fourth-order valence-electron chi connectivity index (χ4n) is 6.67. The molecule has 2 fully saturated rings. The Kier molecular flexibility index (Phi) is 17.5. The van der Waals surface area contributed by atoms with Crippen LogP contribution in [0.3, 0.4) is 0 Å². The summed E-state index contributed by atoms with van der Waals surface area (Å²) in [6.07, 6.45) is -7.84. The van der Waals surface area contributed by atoms with Crippen molar-refractivity contribution in [3.05, 3.63) is 35.4 Å². The molecule has 1 aromatic carbocycles. The molecule has 2 saturated heterocycles. The molecule has 17 nitrogen and oxygen atoms in total. The van der Waals surface area contributed by atoms with Gasteiger partial charge in [0, 0.05) is 48.5 Å². The summed E-state index contributed by atoms with van der Waals surface area (Å²) in [4.78, 5) is 83.0. The lowest BCUT2D eigenvalue weighted by Crippen LogP contribution is -2.62. The van der Waals surface area contributed by atoms with Gasteiger partial charge in [0.25, 0.3) is 0 Å². The zero-order chi connectivity index (χ0) is 40.8. The summed E-state index contributed by atoms with van der Waals surface area (Å²) < 4.78 is 49.6. The second kappa shape index (κ2) is 21.5. The third-order valence-electron chi connectivity index (χ3n) is 8.83. The van der Waals surface area contributed by atoms with Gasteiger partial charge in [0.1, 0.15) is 31.5 Å². The summed E-state index contributed by atoms with van der Waals surface area (Å²) >= 11 is 0. The van der Waals surface area contributed by atoms with E-state index in [2.05, 4.69) is 0 Å². The number of benzene rings is 1. The second-order valence-corrected chi connectivity index (χ2v) is 13.5. The van der Waals surface area contributed by atoms with Crippen molar-refractivity contribution < 1.29 is 81.3 Å². The Morgan fingerprint density at radius 3 is 1.20 bits per heavy atom. The van der Waals surface area contributed by atoms with Crippen LogP contribution in [-0.4, -0.2) is 121 Å². The van der Waals surface area contributed by atoms with Crippen molar-refractivity contribution in [1.29, 1.82) is 0 Å². The van der Waals surface area contributed by atoms with Gasteiger partial charge in [0.15, 0.2) is 30.5 Å². The predicted octanol–water partition coefficient (Wildman–Crippen LogP) is 2.01. The van der Waals surface area contributed by atoms with Crippen LogP contribution in [0.25, 0.3) is 0 Å². The summed E-state index contributed by atoms with van der Waals surface area (Å²) in [6.45, 7) is 7.73. The molecule has 2 heterocycles. The highest BCUT2D eigenvalue weighted by Gasteiger charge is 2.52. The Morgan fingerprint density at radius 2 is 0.800 bits per heavy atom. The van der Waals surface area contributed by atoms with Crippen LogP contribution in [0.4, 0.5) is 0 Å². The highest BCUT2D eigenvalue weighted by molar-refractivity contribution is 5.69. The maximum atomic E-state index is 12.1. The first-order valence-electron chi connectivity index (χ1n) is 18.1. The maximum Gasteiger partial charge on any atom is 0.303 e. The van der Waals surface area contributed by atoms with E-state index in [1.807, 2.05) is 24.3 Å². The Balaban J connectivity index is 1.64. The third-order valence-corrected chi connectivity index (χ3v) is 8.83. The molecule has 10 atom stereocenters. The van der Waals surface area contributed by atoms with E-state index in [-0.39, 0.29) is 13.2 Å². The van der Waals surface area contributed by atoms with Gasteiger partial charge >= 0.3 is 41.8 Å². The molecule has 0 saturated carbocycles. The SMILES string of the molecule is CC(=O)OC[C@H]1O[C@H](CCCc2ccc(CCC[C@H]3O[C@H](COC(C)=O)[C@@H](OC(C)=O)[C@H](OC(C)=O)[C@@H]3O)cc2)[C@@H](OC(C)=O)[C@@H](OC(C)=O)[C@@H]1OC(C)=O. The Bertz CT molecular complexity index is 1490. The smallest absolute Gasteiger partial charge is 0.303 e. The molecule has 0 aromatic heterocycles. The topological polar surface area (TPSA) is 223 Å². The van der Waals surface area contributed by atoms with E-state index in [4.69, 9.17) is 42.6 Å². The lowest BCUT2D eigenvalue weighted by molar-refractivity contribution is -0.253. The number of rotatable bonds is 17. The van der Waals surface area contributed by atoms with E-state index in [9.17, 15) is 38.7 Å². The van der Waals surface area contributed by atoms with E-state index >= 15 is 0 Å². The number of aliphatic hydroxyl groups is 1. The van der Waals surface area contributed by atoms with Gasteiger partial charge in [-0.1, -0.05) is 24.3 Å². The van der Waals surface area contributed by atoms with Gasteiger partial charge in [0.05, 0.1) is 12.2 Å². The summed E-state index contributed by atoms with van der Waals surface area (Å²) in [7, 11) is 0. The Labute approximate surface area is 319 Å². The van der Waals surface area contributed by atoms with Gasteiger partial charge < -0.3 is 47.7 Å². The van der Waals surface area contributed by atoms with Gasteiger partial charge in [-0.15, -0.1) is 0 Å². The number of ether oxygens (including phenoxy) is 9. The Hall–Kier alpha value is -4.61. The van der Waals surface area contributed by atoms with Gasteiger partial charge in [-0.05, 0) is 49.7 Å². The number of hydrogen-bond donors (Lipinski definition) is 1. The summed E-state index contributed by atoms with van der Waals surface area (Å²) in [6, 6.07) is 7.85. The second-order valence-electron chi connectivity index (χ2n) is 13.5. The summed E-state index contributed by atoms with van der Waals surface area (Å²) in [5, 5.41) is 11.1. The van der Waals surface area contributed by atoms with Crippen LogP contribution in [0.15, 0.2) is 24.3 Å². The maximum absolute atomic E-state index is 12.1. The number of aryl methyl sites for hydroxylation is 2. The normalized spacial score (nSPS) is 27.5. The summed E-state index contributed by atoms with van der Waals surface area (Å²) in [5.41, 5.74) is 1.99. The molecule has 2 aliphatic rings.